The molecule has 0 bridgehead atoms. The van der Waals surface area contributed by atoms with Crippen LogP contribution in [0.5, 0.6) is 5.75 Å². The number of aromatic nitrogens is 1. The van der Waals surface area contributed by atoms with Gasteiger partial charge in [0.2, 0.25) is 0 Å². The largest absolute Gasteiger partial charge is 0.508 e. The Bertz CT molecular complexity index is 466. The maximum Gasteiger partial charge on any atom is 0.170 e. The van der Waals surface area contributed by atoms with Crippen molar-refractivity contribution in [3.63, 3.8) is 0 Å². The Hall–Kier alpha value is -1.51. The van der Waals surface area contributed by atoms with Crippen LogP contribution < -0.4 is 0 Å². The van der Waals surface area contributed by atoms with Crippen LogP contribution >= 0.6 is 0 Å². The summed E-state index contributed by atoms with van der Waals surface area (Å²) in [6, 6.07) is 5.06. The molecular weight excluding hydrogens is 178 g/mol. The van der Waals surface area contributed by atoms with Crippen molar-refractivity contribution in [3.05, 3.63) is 23.9 Å². The van der Waals surface area contributed by atoms with Gasteiger partial charge in [0, 0.05) is 16.9 Å². The second kappa shape index (κ2) is 2.74. The summed E-state index contributed by atoms with van der Waals surface area (Å²) in [4.78, 5) is 0. The molecule has 0 unspecified atom stereocenters. The number of hydrogen-bond acceptors (Lipinski definition) is 3. The third kappa shape index (κ3) is 1.35. The van der Waals surface area contributed by atoms with Crippen molar-refractivity contribution in [2.45, 2.75) is 26.2 Å². The van der Waals surface area contributed by atoms with E-state index in [1.807, 2.05) is 6.07 Å². The van der Waals surface area contributed by atoms with E-state index >= 15 is 0 Å². The van der Waals surface area contributed by atoms with Gasteiger partial charge in [-0.05, 0) is 12.1 Å². The highest BCUT2D eigenvalue weighted by Crippen LogP contribution is 2.30. The molecule has 0 saturated carbocycles. The molecule has 3 nitrogen and oxygen atoms in total. The number of rotatable bonds is 0. The van der Waals surface area contributed by atoms with Crippen molar-refractivity contribution in [1.82, 2.24) is 5.16 Å². The van der Waals surface area contributed by atoms with E-state index in [9.17, 15) is 5.11 Å². The van der Waals surface area contributed by atoms with Gasteiger partial charge in [-0.25, -0.2) is 0 Å². The molecule has 0 fully saturated rings. The van der Waals surface area contributed by atoms with Gasteiger partial charge < -0.3 is 9.63 Å². The van der Waals surface area contributed by atoms with E-state index in [0.717, 1.165) is 11.1 Å². The smallest absolute Gasteiger partial charge is 0.170 e. The predicted octanol–water partition coefficient (Wildman–Crippen LogP) is 2.83. The van der Waals surface area contributed by atoms with E-state index < -0.39 is 0 Å². The zero-order valence-electron chi connectivity index (χ0n) is 8.53. The number of aromatic hydroxyl groups is 1. The van der Waals surface area contributed by atoms with Crippen molar-refractivity contribution in [3.8, 4) is 5.75 Å². The van der Waals surface area contributed by atoms with Gasteiger partial charge in [0.05, 0.1) is 5.69 Å². The molecule has 0 spiro atoms. The Morgan fingerprint density at radius 3 is 2.64 bits per heavy atom. The number of fused-ring (bicyclic) bond motifs is 1. The molecule has 0 aliphatic carbocycles. The standard InChI is InChI=1S/C11H13NO2/c1-11(2,3)10-8-5-4-7(13)6-9(8)14-12-10/h4-6,13H,1-3H3. The topological polar surface area (TPSA) is 46.3 Å². The second-order valence-corrected chi connectivity index (χ2v) is 4.46. The maximum atomic E-state index is 9.25. The second-order valence-electron chi connectivity index (χ2n) is 4.46. The lowest BCUT2D eigenvalue weighted by Crippen LogP contribution is -2.11. The number of phenols is 1. The van der Waals surface area contributed by atoms with Gasteiger partial charge in [-0.2, -0.15) is 0 Å². The molecule has 14 heavy (non-hydrogen) atoms. The highest BCUT2D eigenvalue weighted by Gasteiger charge is 2.21. The van der Waals surface area contributed by atoms with Gasteiger partial charge in [0.25, 0.3) is 0 Å². The third-order valence-electron chi connectivity index (χ3n) is 2.17. The number of nitrogens with zero attached hydrogens (tertiary/aromatic N) is 1. The molecule has 0 aliphatic heterocycles. The molecule has 1 aromatic heterocycles. The number of phenolic OH excluding ortho intramolecular Hbond substituents is 1. The SMILES string of the molecule is CC(C)(C)c1noc2cc(O)ccc12. The van der Waals surface area contributed by atoms with Crippen molar-refractivity contribution in [2.75, 3.05) is 0 Å². The first-order valence-corrected chi connectivity index (χ1v) is 4.57. The molecule has 74 valence electrons. The van der Waals surface area contributed by atoms with Crippen molar-refractivity contribution in [1.29, 1.82) is 0 Å². The molecule has 0 aliphatic rings. The fourth-order valence-electron chi connectivity index (χ4n) is 1.47. The first-order valence-electron chi connectivity index (χ1n) is 4.57. The average molecular weight is 191 g/mol. The summed E-state index contributed by atoms with van der Waals surface area (Å²) in [5.74, 6) is 0.203. The van der Waals surface area contributed by atoms with E-state index in [1.54, 1.807) is 12.1 Å². The van der Waals surface area contributed by atoms with E-state index in [0.29, 0.717) is 5.58 Å². The van der Waals surface area contributed by atoms with Crippen molar-refractivity contribution in [2.24, 2.45) is 0 Å². The molecule has 0 saturated heterocycles. The van der Waals surface area contributed by atoms with Crippen LogP contribution in [0.15, 0.2) is 22.7 Å². The average Bonchev–Trinajstić information content (AvgIpc) is 2.45. The molecule has 1 N–H and O–H groups in total. The van der Waals surface area contributed by atoms with Crippen LogP contribution in [-0.2, 0) is 5.41 Å². The van der Waals surface area contributed by atoms with E-state index in [-0.39, 0.29) is 11.2 Å². The van der Waals surface area contributed by atoms with Gasteiger partial charge in [0.1, 0.15) is 5.75 Å². The molecule has 2 rings (SSSR count). The Balaban J connectivity index is 2.70. The van der Waals surface area contributed by atoms with Crippen LogP contribution in [0.4, 0.5) is 0 Å². The minimum absolute atomic E-state index is 0.0395. The molecule has 3 heteroatoms. The molecular formula is C11H13NO2. The van der Waals surface area contributed by atoms with Gasteiger partial charge in [0.15, 0.2) is 5.58 Å². The summed E-state index contributed by atoms with van der Waals surface area (Å²) < 4.78 is 5.15. The van der Waals surface area contributed by atoms with Crippen LogP contribution in [0.1, 0.15) is 26.5 Å². The normalized spacial score (nSPS) is 12.2. The molecule has 1 heterocycles. The highest BCUT2D eigenvalue weighted by atomic mass is 16.5. The maximum absolute atomic E-state index is 9.25. The number of hydrogen-bond donors (Lipinski definition) is 1. The first kappa shape index (κ1) is 9.06. The molecule has 2 aromatic rings. The van der Waals surface area contributed by atoms with Crippen LogP contribution in [-0.4, -0.2) is 10.3 Å². The predicted molar refractivity (Wildman–Crippen MR) is 54.4 cm³/mol. The zero-order valence-corrected chi connectivity index (χ0v) is 8.53. The quantitative estimate of drug-likeness (QED) is 0.696. The first-order chi connectivity index (χ1) is 6.48. The van der Waals surface area contributed by atoms with Crippen LogP contribution in [0.2, 0.25) is 0 Å². The van der Waals surface area contributed by atoms with Crippen molar-refractivity contribution >= 4 is 11.0 Å². The molecule has 0 atom stereocenters. The summed E-state index contributed by atoms with van der Waals surface area (Å²) in [6.07, 6.45) is 0. The van der Waals surface area contributed by atoms with E-state index in [4.69, 9.17) is 4.52 Å². The minimum Gasteiger partial charge on any atom is -0.508 e. The number of benzene rings is 1. The summed E-state index contributed by atoms with van der Waals surface area (Å²) in [5, 5.41) is 14.2. The molecule has 0 radical (unpaired) electrons. The zero-order chi connectivity index (χ0) is 10.3. The summed E-state index contributed by atoms with van der Waals surface area (Å²) in [5.41, 5.74) is 1.52. The third-order valence-corrected chi connectivity index (χ3v) is 2.17. The monoisotopic (exact) mass is 191 g/mol. The summed E-state index contributed by atoms with van der Waals surface area (Å²) in [7, 11) is 0. The van der Waals surface area contributed by atoms with E-state index in [2.05, 4.69) is 25.9 Å². The Kier molecular flexibility index (Phi) is 1.77. The van der Waals surface area contributed by atoms with Gasteiger partial charge in [-0.1, -0.05) is 25.9 Å². The summed E-state index contributed by atoms with van der Waals surface area (Å²) in [6.45, 7) is 6.24. The Morgan fingerprint density at radius 2 is 2.00 bits per heavy atom. The van der Waals surface area contributed by atoms with E-state index in [1.165, 1.54) is 0 Å². The van der Waals surface area contributed by atoms with Gasteiger partial charge >= 0.3 is 0 Å². The highest BCUT2D eigenvalue weighted by molar-refractivity contribution is 5.81. The van der Waals surface area contributed by atoms with Crippen LogP contribution in [0.3, 0.4) is 0 Å². The molecule has 1 aromatic carbocycles. The fourth-order valence-corrected chi connectivity index (χ4v) is 1.47. The van der Waals surface area contributed by atoms with Crippen molar-refractivity contribution < 1.29 is 9.63 Å². The van der Waals surface area contributed by atoms with Gasteiger partial charge in [-0.3, -0.25) is 0 Å². The lowest BCUT2D eigenvalue weighted by molar-refractivity contribution is 0.417. The Morgan fingerprint density at radius 1 is 1.29 bits per heavy atom. The van der Waals surface area contributed by atoms with Crippen LogP contribution in [0, 0.1) is 0 Å². The lowest BCUT2D eigenvalue weighted by Gasteiger charge is -2.14. The van der Waals surface area contributed by atoms with Crippen LogP contribution in [0.25, 0.3) is 11.0 Å². The summed E-state index contributed by atoms with van der Waals surface area (Å²) >= 11 is 0. The van der Waals surface area contributed by atoms with Gasteiger partial charge in [-0.15, -0.1) is 0 Å². The molecule has 0 amide bonds. The minimum atomic E-state index is -0.0395. The fraction of sp³-hybridized carbons (Fsp3) is 0.364. The Labute approximate surface area is 82.3 Å². The lowest BCUT2D eigenvalue weighted by atomic mass is 9.90.